The van der Waals surface area contributed by atoms with Crippen LogP contribution in [0.2, 0.25) is 0 Å². The Morgan fingerprint density at radius 3 is 2.65 bits per heavy atom. The molecule has 0 aliphatic rings. The largest absolute Gasteiger partial charge is 0.325 e. The molecule has 0 atom stereocenters. The fourth-order valence-corrected chi connectivity index (χ4v) is 3.09. The molecule has 1 N–H and O–H groups in total. The molecule has 0 spiro atoms. The monoisotopic (exact) mass is 367 g/mol. The average molecular weight is 367 g/mol. The lowest BCUT2D eigenvalue weighted by Gasteiger charge is -2.05. The summed E-state index contributed by atoms with van der Waals surface area (Å²) < 4.78 is 1.88. The Morgan fingerprint density at radius 1 is 1.19 bits per heavy atom. The predicted octanol–water partition coefficient (Wildman–Crippen LogP) is 3.71. The van der Waals surface area contributed by atoms with Crippen molar-refractivity contribution < 1.29 is 4.79 Å². The van der Waals surface area contributed by atoms with Crippen LogP contribution in [0.1, 0.15) is 18.2 Å². The Balaban J connectivity index is 1.64. The minimum absolute atomic E-state index is 0.0807. The third kappa shape index (κ3) is 4.49. The summed E-state index contributed by atoms with van der Waals surface area (Å²) in [5.41, 5.74) is 4.68. The molecular formula is C19H21N5OS. The van der Waals surface area contributed by atoms with Gasteiger partial charge in [0.25, 0.3) is 0 Å². The standard InChI is InChI=1S/C19H21N5OS/c1-4-24-11-16(14(3)23-24)17-9-10-20-19(22-17)26-12-18(25)21-15-7-5-13(2)6-8-15/h5-11H,4,12H2,1-3H3,(H,21,25). The van der Waals surface area contributed by atoms with Crippen molar-refractivity contribution in [3.63, 3.8) is 0 Å². The molecule has 0 bridgehead atoms. The van der Waals surface area contributed by atoms with Crippen LogP contribution in [-0.4, -0.2) is 31.4 Å². The second kappa shape index (κ2) is 8.14. The molecule has 0 saturated carbocycles. The molecular weight excluding hydrogens is 346 g/mol. The van der Waals surface area contributed by atoms with Gasteiger partial charge >= 0.3 is 0 Å². The van der Waals surface area contributed by atoms with Crippen molar-refractivity contribution >= 4 is 23.4 Å². The summed E-state index contributed by atoms with van der Waals surface area (Å²) in [6, 6.07) is 9.58. The lowest BCUT2D eigenvalue weighted by molar-refractivity contribution is -0.113. The van der Waals surface area contributed by atoms with E-state index in [2.05, 4.69) is 20.4 Å². The van der Waals surface area contributed by atoms with E-state index < -0.39 is 0 Å². The zero-order chi connectivity index (χ0) is 18.5. The van der Waals surface area contributed by atoms with E-state index in [1.54, 1.807) is 6.20 Å². The number of hydrogen-bond acceptors (Lipinski definition) is 5. The smallest absolute Gasteiger partial charge is 0.234 e. The van der Waals surface area contributed by atoms with E-state index in [0.717, 1.165) is 34.7 Å². The number of aryl methyl sites for hydroxylation is 3. The van der Waals surface area contributed by atoms with Crippen molar-refractivity contribution in [2.75, 3.05) is 11.1 Å². The minimum Gasteiger partial charge on any atom is -0.325 e. The van der Waals surface area contributed by atoms with Crippen molar-refractivity contribution in [3.8, 4) is 11.3 Å². The fraction of sp³-hybridized carbons (Fsp3) is 0.263. The number of carbonyl (C=O) groups excluding carboxylic acids is 1. The molecule has 3 aromatic rings. The van der Waals surface area contributed by atoms with E-state index in [1.807, 2.05) is 62.0 Å². The van der Waals surface area contributed by atoms with Crippen molar-refractivity contribution in [1.29, 1.82) is 0 Å². The molecule has 0 saturated heterocycles. The third-order valence-corrected chi connectivity index (χ3v) is 4.71. The number of anilines is 1. The molecule has 0 radical (unpaired) electrons. The first-order valence-corrected chi connectivity index (χ1v) is 9.40. The molecule has 6 nitrogen and oxygen atoms in total. The molecule has 0 aliphatic carbocycles. The van der Waals surface area contributed by atoms with Gasteiger partial charge in [-0.05, 0) is 39.0 Å². The SMILES string of the molecule is CCn1cc(-c2ccnc(SCC(=O)Nc3ccc(C)cc3)n2)c(C)n1. The van der Waals surface area contributed by atoms with Gasteiger partial charge < -0.3 is 5.32 Å². The van der Waals surface area contributed by atoms with Gasteiger partial charge in [-0.15, -0.1) is 0 Å². The van der Waals surface area contributed by atoms with Gasteiger partial charge in [0, 0.05) is 30.2 Å². The summed E-state index contributed by atoms with van der Waals surface area (Å²) in [5, 5.41) is 7.90. The molecule has 134 valence electrons. The molecule has 0 fully saturated rings. The fourth-order valence-electron chi connectivity index (χ4n) is 2.46. The second-order valence-electron chi connectivity index (χ2n) is 5.91. The molecule has 1 amide bonds. The van der Waals surface area contributed by atoms with Crippen molar-refractivity contribution in [2.45, 2.75) is 32.5 Å². The Hall–Kier alpha value is -2.67. The number of hydrogen-bond donors (Lipinski definition) is 1. The summed E-state index contributed by atoms with van der Waals surface area (Å²) in [4.78, 5) is 20.9. The number of aromatic nitrogens is 4. The summed E-state index contributed by atoms with van der Waals surface area (Å²) >= 11 is 1.32. The molecule has 26 heavy (non-hydrogen) atoms. The van der Waals surface area contributed by atoms with E-state index in [-0.39, 0.29) is 11.7 Å². The van der Waals surface area contributed by atoms with Crippen LogP contribution in [0.5, 0.6) is 0 Å². The minimum atomic E-state index is -0.0807. The van der Waals surface area contributed by atoms with Crippen molar-refractivity contribution in [1.82, 2.24) is 19.7 Å². The molecule has 1 aromatic carbocycles. The first-order valence-electron chi connectivity index (χ1n) is 8.42. The molecule has 2 aromatic heterocycles. The van der Waals surface area contributed by atoms with Crippen LogP contribution >= 0.6 is 11.8 Å². The summed E-state index contributed by atoms with van der Waals surface area (Å²) in [5.74, 6) is 0.174. The lowest BCUT2D eigenvalue weighted by atomic mass is 10.2. The van der Waals surface area contributed by atoms with Gasteiger partial charge in [-0.1, -0.05) is 29.5 Å². The Bertz CT molecular complexity index is 905. The van der Waals surface area contributed by atoms with Crippen LogP contribution in [-0.2, 0) is 11.3 Å². The third-order valence-electron chi connectivity index (χ3n) is 3.85. The quantitative estimate of drug-likeness (QED) is 0.531. The van der Waals surface area contributed by atoms with Crippen LogP contribution < -0.4 is 5.32 Å². The van der Waals surface area contributed by atoms with E-state index >= 15 is 0 Å². The maximum atomic E-state index is 12.1. The molecule has 3 rings (SSSR count). The molecule has 7 heteroatoms. The Kier molecular flexibility index (Phi) is 5.68. The number of thioether (sulfide) groups is 1. The van der Waals surface area contributed by atoms with Crippen LogP contribution in [0.3, 0.4) is 0 Å². The van der Waals surface area contributed by atoms with Gasteiger partial charge in [0.05, 0.1) is 17.1 Å². The first kappa shape index (κ1) is 18.1. The summed E-state index contributed by atoms with van der Waals surface area (Å²) in [6.07, 6.45) is 3.70. The van der Waals surface area contributed by atoms with Gasteiger partial charge in [-0.25, -0.2) is 9.97 Å². The highest BCUT2D eigenvalue weighted by Crippen LogP contribution is 2.23. The van der Waals surface area contributed by atoms with E-state index in [4.69, 9.17) is 0 Å². The van der Waals surface area contributed by atoms with Gasteiger partial charge in [0.15, 0.2) is 5.16 Å². The van der Waals surface area contributed by atoms with E-state index in [9.17, 15) is 4.79 Å². The first-order chi connectivity index (χ1) is 12.5. The zero-order valence-corrected chi connectivity index (χ0v) is 15.9. The highest BCUT2D eigenvalue weighted by atomic mass is 32.2. The normalized spacial score (nSPS) is 10.7. The maximum absolute atomic E-state index is 12.1. The van der Waals surface area contributed by atoms with Gasteiger partial charge in [0.1, 0.15) is 0 Å². The lowest BCUT2D eigenvalue weighted by Crippen LogP contribution is -2.14. The zero-order valence-electron chi connectivity index (χ0n) is 15.1. The average Bonchev–Trinajstić information content (AvgIpc) is 3.03. The van der Waals surface area contributed by atoms with E-state index in [0.29, 0.717) is 5.16 Å². The summed E-state index contributed by atoms with van der Waals surface area (Å²) in [6.45, 7) is 6.83. The van der Waals surface area contributed by atoms with Crippen molar-refractivity contribution in [2.24, 2.45) is 0 Å². The van der Waals surface area contributed by atoms with Crippen LogP contribution in [0.15, 0.2) is 47.9 Å². The number of rotatable bonds is 6. The molecule has 0 unspecified atom stereocenters. The number of benzene rings is 1. The van der Waals surface area contributed by atoms with Gasteiger partial charge in [-0.2, -0.15) is 5.10 Å². The van der Waals surface area contributed by atoms with Gasteiger partial charge in [0.2, 0.25) is 5.91 Å². The number of nitrogens with one attached hydrogen (secondary N) is 1. The number of nitrogens with zero attached hydrogens (tertiary/aromatic N) is 4. The van der Waals surface area contributed by atoms with Gasteiger partial charge in [-0.3, -0.25) is 9.48 Å². The highest BCUT2D eigenvalue weighted by Gasteiger charge is 2.11. The maximum Gasteiger partial charge on any atom is 0.234 e. The molecule has 2 heterocycles. The van der Waals surface area contributed by atoms with Crippen LogP contribution in [0, 0.1) is 13.8 Å². The van der Waals surface area contributed by atoms with E-state index in [1.165, 1.54) is 11.8 Å². The second-order valence-corrected chi connectivity index (χ2v) is 6.85. The number of amides is 1. The Labute approximate surface area is 157 Å². The number of carbonyl (C=O) groups is 1. The van der Waals surface area contributed by atoms with Crippen molar-refractivity contribution in [3.05, 3.63) is 54.0 Å². The van der Waals surface area contributed by atoms with Crippen LogP contribution in [0.25, 0.3) is 11.3 Å². The topological polar surface area (TPSA) is 72.7 Å². The highest BCUT2D eigenvalue weighted by molar-refractivity contribution is 7.99. The van der Waals surface area contributed by atoms with Crippen LogP contribution in [0.4, 0.5) is 5.69 Å². The predicted molar refractivity (Wildman–Crippen MR) is 104 cm³/mol. The molecule has 0 aliphatic heterocycles. The summed E-state index contributed by atoms with van der Waals surface area (Å²) in [7, 11) is 0. The Morgan fingerprint density at radius 2 is 1.96 bits per heavy atom.